The van der Waals surface area contributed by atoms with Crippen molar-refractivity contribution in [1.29, 1.82) is 0 Å². The lowest BCUT2D eigenvalue weighted by Crippen LogP contribution is -2.23. The molecule has 0 bridgehead atoms. The Balaban J connectivity index is 1.49. The number of rotatable bonds is 9. The van der Waals surface area contributed by atoms with Crippen molar-refractivity contribution < 1.29 is 19.1 Å². The number of nitrogens with zero attached hydrogens (tertiary/aromatic N) is 2. The summed E-state index contributed by atoms with van der Waals surface area (Å²) in [5.41, 5.74) is 4.45. The Labute approximate surface area is 203 Å². The van der Waals surface area contributed by atoms with E-state index in [1.807, 2.05) is 45.0 Å². The summed E-state index contributed by atoms with van der Waals surface area (Å²) in [7, 11) is 0. The van der Waals surface area contributed by atoms with Crippen LogP contribution < -0.4 is 9.64 Å². The molecule has 1 amide bonds. The third kappa shape index (κ3) is 6.79. The Morgan fingerprint density at radius 1 is 1.09 bits per heavy atom. The maximum Gasteiger partial charge on any atom is 0.306 e. The Hall–Kier alpha value is -2.90. The highest BCUT2D eigenvalue weighted by atomic mass is 35.5. The second kappa shape index (κ2) is 11.3. The molecule has 1 aromatic heterocycles. The van der Waals surface area contributed by atoms with Crippen LogP contribution in [0.25, 0.3) is 0 Å². The van der Waals surface area contributed by atoms with E-state index in [0.717, 1.165) is 28.1 Å². The molecule has 0 saturated heterocycles. The molecule has 3 aromatic rings. The summed E-state index contributed by atoms with van der Waals surface area (Å²) in [5.74, 6) is 0.271. The van der Waals surface area contributed by atoms with Gasteiger partial charge in [0, 0.05) is 23.7 Å². The van der Waals surface area contributed by atoms with Gasteiger partial charge in [-0.2, -0.15) is 0 Å². The zero-order chi connectivity index (χ0) is 24.0. The average molecular weight is 487 g/mol. The van der Waals surface area contributed by atoms with Crippen molar-refractivity contribution >= 4 is 45.6 Å². The molecule has 0 aliphatic carbocycles. The number of aryl methyl sites for hydroxylation is 3. The lowest BCUT2D eigenvalue weighted by Gasteiger charge is -2.20. The number of benzene rings is 2. The van der Waals surface area contributed by atoms with Gasteiger partial charge >= 0.3 is 5.97 Å². The highest BCUT2D eigenvalue weighted by molar-refractivity contribution is 7.14. The first-order valence-electron chi connectivity index (χ1n) is 10.6. The minimum absolute atomic E-state index is 0.0607. The van der Waals surface area contributed by atoms with Gasteiger partial charge in [-0.1, -0.05) is 29.3 Å². The van der Waals surface area contributed by atoms with Gasteiger partial charge in [-0.25, -0.2) is 4.98 Å². The van der Waals surface area contributed by atoms with Crippen LogP contribution in [-0.4, -0.2) is 23.5 Å². The van der Waals surface area contributed by atoms with Gasteiger partial charge < -0.3 is 9.47 Å². The highest BCUT2D eigenvalue weighted by Gasteiger charge is 2.20. The number of hydrogen-bond acceptors (Lipinski definition) is 6. The van der Waals surface area contributed by atoms with E-state index in [4.69, 9.17) is 21.1 Å². The molecule has 8 heteroatoms. The molecular weight excluding hydrogens is 460 g/mol. The summed E-state index contributed by atoms with van der Waals surface area (Å²) < 4.78 is 11.0. The number of thiazole rings is 1. The fourth-order valence-corrected chi connectivity index (χ4v) is 4.25. The van der Waals surface area contributed by atoms with Crippen molar-refractivity contribution in [2.75, 3.05) is 11.5 Å². The van der Waals surface area contributed by atoms with Crippen molar-refractivity contribution in [1.82, 2.24) is 4.98 Å². The lowest BCUT2D eigenvalue weighted by atomic mass is 10.1. The molecule has 0 aliphatic heterocycles. The number of carbonyl (C=O) groups is 2. The number of aromatic nitrogens is 1. The number of esters is 1. The number of anilines is 2. The maximum atomic E-state index is 12.3. The molecule has 0 aliphatic rings. The first-order chi connectivity index (χ1) is 15.7. The van der Waals surface area contributed by atoms with Crippen LogP contribution >= 0.6 is 22.9 Å². The van der Waals surface area contributed by atoms with Crippen molar-refractivity contribution in [3.05, 3.63) is 69.2 Å². The average Bonchev–Trinajstić information content (AvgIpc) is 3.22. The fraction of sp³-hybridized carbons (Fsp3) is 0.320. The highest BCUT2D eigenvalue weighted by Crippen LogP contribution is 2.32. The van der Waals surface area contributed by atoms with Crippen LogP contribution in [0.15, 0.2) is 41.8 Å². The molecule has 0 saturated carbocycles. The fourth-order valence-electron chi connectivity index (χ4n) is 3.27. The largest absolute Gasteiger partial charge is 0.494 e. The molecule has 3 rings (SSSR count). The van der Waals surface area contributed by atoms with Crippen molar-refractivity contribution in [3.63, 3.8) is 0 Å². The summed E-state index contributed by atoms with van der Waals surface area (Å²) in [6.07, 6.45) is 0.777. The summed E-state index contributed by atoms with van der Waals surface area (Å²) in [5, 5.41) is 3.04. The summed E-state index contributed by atoms with van der Waals surface area (Å²) >= 11 is 7.35. The van der Waals surface area contributed by atoms with E-state index < -0.39 is 0 Å². The van der Waals surface area contributed by atoms with Gasteiger partial charge in [0.1, 0.15) is 12.4 Å². The third-order valence-corrected chi connectivity index (χ3v) is 6.24. The van der Waals surface area contributed by atoms with Crippen LogP contribution in [0.3, 0.4) is 0 Å². The Kier molecular flexibility index (Phi) is 8.47. The van der Waals surface area contributed by atoms with Crippen molar-refractivity contribution in [2.45, 2.75) is 47.1 Å². The van der Waals surface area contributed by atoms with Crippen LogP contribution in [0.4, 0.5) is 10.8 Å². The van der Waals surface area contributed by atoms with Crippen molar-refractivity contribution in [3.8, 4) is 5.75 Å². The molecule has 2 aromatic carbocycles. The van der Waals surface area contributed by atoms with E-state index in [1.54, 1.807) is 22.4 Å². The number of halogens is 1. The smallest absolute Gasteiger partial charge is 0.306 e. The molecule has 0 radical (unpaired) electrons. The SMILES string of the molecule is CC(=O)N(c1nc(COC(=O)CCCOc2ccc(Cl)c(C)c2)cs1)c1ccc(C)cc1C. The standard InChI is InChI=1S/C25H27ClN2O4S/c1-16-7-10-23(18(3)12-16)28(19(4)29)25-27-20(15-33-25)14-32-24(30)6-5-11-31-21-8-9-22(26)17(2)13-21/h7-10,12-13,15H,5-6,11,14H2,1-4H3. The molecule has 0 spiro atoms. The van der Waals surface area contributed by atoms with Crippen LogP contribution in [0.5, 0.6) is 5.75 Å². The zero-order valence-electron chi connectivity index (χ0n) is 19.2. The first-order valence-corrected chi connectivity index (χ1v) is 11.9. The monoisotopic (exact) mass is 486 g/mol. The third-order valence-electron chi connectivity index (χ3n) is 4.94. The van der Waals surface area contributed by atoms with Gasteiger partial charge in [0.15, 0.2) is 5.13 Å². The van der Waals surface area contributed by atoms with Gasteiger partial charge in [0.25, 0.3) is 0 Å². The van der Waals surface area contributed by atoms with E-state index in [0.29, 0.717) is 28.9 Å². The summed E-state index contributed by atoms with van der Waals surface area (Å²) in [6, 6.07) is 11.4. The predicted molar refractivity (Wildman–Crippen MR) is 132 cm³/mol. The summed E-state index contributed by atoms with van der Waals surface area (Å²) in [6.45, 7) is 7.86. The first kappa shape index (κ1) is 24.7. The molecule has 33 heavy (non-hydrogen) atoms. The van der Waals surface area contributed by atoms with Gasteiger partial charge in [-0.05, 0) is 62.6 Å². The number of ether oxygens (including phenoxy) is 2. The second-order valence-electron chi connectivity index (χ2n) is 7.79. The van der Waals surface area contributed by atoms with E-state index in [2.05, 4.69) is 4.98 Å². The Morgan fingerprint density at radius 3 is 2.58 bits per heavy atom. The maximum absolute atomic E-state index is 12.3. The Bertz CT molecular complexity index is 1150. The van der Waals surface area contributed by atoms with Crippen LogP contribution in [0.1, 0.15) is 42.1 Å². The molecular formula is C25H27ClN2O4S. The van der Waals surface area contributed by atoms with E-state index in [9.17, 15) is 9.59 Å². The van der Waals surface area contributed by atoms with Gasteiger partial charge in [-0.15, -0.1) is 11.3 Å². The van der Waals surface area contributed by atoms with Gasteiger partial charge in [0.05, 0.1) is 18.0 Å². The van der Waals surface area contributed by atoms with Crippen molar-refractivity contribution in [2.24, 2.45) is 0 Å². The number of carbonyl (C=O) groups excluding carboxylic acids is 2. The molecule has 1 heterocycles. The minimum Gasteiger partial charge on any atom is -0.494 e. The number of hydrogen-bond donors (Lipinski definition) is 0. The number of amides is 1. The van der Waals surface area contributed by atoms with Crippen LogP contribution in [0.2, 0.25) is 5.02 Å². The quantitative estimate of drug-likeness (QED) is 0.262. The van der Waals surface area contributed by atoms with Crippen LogP contribution in [-0.2, 0) is 20.9 Å². The van der Waals surface area contributed by atoms with E-state index in [-0.39, 0.29) is 24.9 Å². The van der Waals surface area contributed by atoms with Crippen LogP contribution in [0, 0.1) is 20.8 Å². The summed E-state index contributed by atoms with van der Waals surface area (Å²) in [4.78, 5) is 30.5. The predicted octanol–water partition coefficient (Wildman–Crippen LogP) is 6.31. The molecule has 174 valence electrons. The minimum atomic E-state index is -0.321. The lowest BCUT2D eigenvalue weighted by molar-refractivity contribution is -0.145. The molecule has 0 fully saturated rings. The Morgan fingerprint density at radius 2 is 1.88 bits per heavy atom. The molecule has 0 unspecified atom stereocenters. The molecule has 0 N–H and O–H groups in total. The second-order valence-corrected chi connectivity index (χ2v) is 9.03. The molecule has 6 nitrogen and oxygen atoms in total. The normalized spacial score (nSPS) is 10.7. The van der Waals surface area contributed by atoms with E-state index in [1.165, 1.54) is 18.3 Å². The van der Waals surface area contributed by atoms with Gasteiger partial charge in [0.2, 0.25) is 5.91 Å². The molecule has 0 atom stereocenters. The topological polar surface area (TPSA) is 68.7 Å². The van der Waals surface area contributed by atoms with E-state index >= 15 is 0 Å². The zero-order valence-corrected chi connectivity index (χ0v) is 20.8. The van der Waals surface area contributed by atoms with Gasteiger partial charge in [-0.3, -0.25) is 14.5 Å².